The van der Waals surface area contributed by atoms with E-state index in [4.69, 9.17) is 28.9 Å². The Balaban J connectivity index is 0.000000554. The van der Waals surface area contributed by atoms with Gasteiger partial charge in [-0.3, -0.25) is 0 Å². The molecule has 0 saturated heterocycles. The Hall–Kier alpha value is -0.732. The van der Waals surface area contributed by atoms with E-state index in [1.54, 1.807) is 12.3 Å². The Labute approximate surface area is 200 Å². The third kappa shape index (κ3) is 7.79. The van der Waals surface area contributed by atoms with E-state index in [1.807, 2.05) is 36.0 Å². The van der Waals surface area contributed by atoms with Gasteiger partial charge in [-0.1, -0.05) is 81.6 Å². The topological polar surface area (TPSA) is 40.6 Å². The van der Waals surface area contributed by atoms with Crippen LogP contribution in [0.4, 0.5) is 0 Å². The second-order valence-electron chi connectivity index (χ2n) is 6.97. The summed E-state index contributed by atoms with van der Waals surface area (Å²) >= 11 is 12.4. The zero-order chi connectivity index (χ0) is 19.8. The number of hydrogen-bond acceptors (Lipinski definition) is 1. The van der Waals surface area contributed by atoms with Crippen molar-refractivity contribution in [2.24, 2.45) is 7.05 Å². The van der Waals surface area contributed by atoms with Crippen molar-refractivity contribution >= 4 is 45.0 Å². The van der Waals surface area contributed by atoms with Crippen LogP contribution in [0.15, 0.2) is 36.7 Å². The van der Waals surface area contributed by atoms with Gasteiger partial charge in [0, 0.05) is 17.6 Å². The van der Waals surface area contributed by atoms with Crippen molar-refractivity contribution < 1.29 is 25.6 Å². The van der Waals surface area contributed by atoms with Gasteiger partial charge in [-0.25, -0.2) is 4.98 Å². The van der Waals surface area contributed by atoms with E-state index in [0.29, 0.717) is 5.02 Å². The molecule has 4 rings (SSSR count). The molecule has 1 N–H and O–H groups in total. The summed E-state index contributed by atoms with van der Waals surface area (Å²) in [6.07, 6.45) is 11.2. The van der Waals surface area contributed by atoms with Crippen LogP contribution in [0.1, 0.15) is 52.4 Å². The summed E-state index contributed by atoms with van der Waals surface area (Å²) in [4.78, 5) is 4.41. The average molecular weight is 617 g/mol. The fraction of sp³-hybridized carbons (Fsp3) is 0.435. The van der Waals surface area contributed by atoms with E-state index in [2.05, 4.69) is 18.8 Å². The molecule has 0 bridgehead atoms. The largest absolute Gasteiger partial charge is 2.00 e. The normalized spacial score (nSPS) is 13.3. The molecule has 0 radical (unpaired) electrons. The SMILES string of the molecule is CCC.C[n+]1ccc(Cl)c2ccc3c(Cl)ccnc3c21.[CH3-].[NH-]C1CCCCC1.[Pt+2]. The molecule has 29 heavy (non-hydrogen) atoms. The zero-order valence-electron chi connectivity index (χ0n) is 17.8. The molecule has 1 aliphatic rings. The third-order valence-electron chi connectivity index (χ3n) is 4.49. The number of nitrogens with one attached hydrogen (secondary N) is 1. The summed E-state index contributed by atoms with van der Waals surface area (Å²) in [5.74, 6) is 0. The molecule has 1 aromatic carbocycles. The first-order valence-corrected chi connectivity index (χ1v) is 10.5. The van der Waals surface area contributed by atoms with Gasteiger partial charge in [0.1, 0.15) is 12.6 Å². The number of benzene rings is 1. The fourth-order valence-corrected chi connectivity index (χ4v) is 3.58. The first-order valence-electron chi connectivity index (χ1n) is 9.71. The number of hydrogen-bond donors (Lipinski definition) is 0. The van der Waals surface area contributed by atoms with E-state index in [1.165, 1.54) is 25.7 Å². The van der Waals surface area contributed by atoms with Gasteiger partial charge in [0.25, 0.3) is 0 Å². The smallest absolute Gasteiger partial charge is 0.675 e. The second kappa shape index (κ2) is 14.3. The average Bonchev–Trinajstić information content (AvgIpc) is 2.66. The summed E-state index contributed by atoms with van der Waals surface area (Å²) in [6, 6.07) is 7.89. The molecular weight excluding hydrogens is 584 g/mol. The molecule has 1 aliphatic carbocycles. The van der Waals surface area contributed by atoms with Crippen molar-refractivity contribution in [2.75, 3.05) is 0 Å². The van der Waals surface area contributed by atoms with E-state index < -0.39 is 0 Å². The molecule has 0 amide bonds. The maximum Gasteiger partial charge on any atom is 2.00 e. The van der Waals surface area contributed by atoms with Crippen LogP contribution in [0, 0.1) is 7.43 Å². The molecule has 1 saturated carbocycles. The van der Waals surface area contributed by atoms with Crippen molar-refractivity contribution in [1.29, 1.82) is 0 Å². The van der Waals surface area contributed by atoms with Gasteiger partial charge in [0.15, 0.2) is 6.20 Å². The minimum Gasteiger partial charge on any atom is -0.675 e. The number of halogens is 2. The maximum atomic E-state index is 7.27. The molecule has 0 atom stereocenters. The van der Waals surface area contributed by atoms with Gasteiger partial charge in [-0.2, -0.15) is 4.57 Å². The second-order valence-corrected chi connectivity index (χ2v) is 7.78. The van der Waals surface area contributed by atoms with Crippen LogP contribution in [-0.2, 0) is 28.1 Å². The van der Waals surface area contributed by atoms with Crippen molar-refractivity contribution in [1.82, 2.24) is 4.98 Å². The zero-order valence-corrected chi connectivity index (χ0v) is 21.5. The van der Waals surface area contributed by atoms with Crippen molar-refractivity contribution in [3.63, 3.8) is 0 Å². The first kappa shape index (κ1) is 28.3. The third-order valence-corrected chi connectivity index (χ3v) is 5.15. The van der Waals surface area contributed by atoms with Crippen molar-refractivity contribution in [3.8, 4) is 0 Å². The van der Waals surface area contributed by atoms with Gasteiger partial charge >= 0.3 is 21.1 Å². The van der Waals surface area contributed by atoms with Crippen LogP contribution < -0.4 is 4.57 Å². The minimum atomic E-state index is 0. The summed E-state index contributed by atoms with van der Waals surface area (Å²) in [7, 11) is 1.97. The molecule has 2 heterocycles. The van der Waals surface area contributed by atoms with Gasteiger partial charge in [0.2, 0.25) is 5.52 Å². The van der Waals surface area contributed by atoms with Gasteiger partial charge < -0.3 is 13.2 Å². The number of nitrogens with zero attached hydrogens (tertiary/aromatic N) is 2. The monoisotopic (exact) mass is 615 g/mol. The van der Waals surface area contributed by atoms with E-state index in [-0.39, 0.29) is 34.5 Å². The molecule has 3 nitrogen and oxygen atoms in total. The van der Waals surface area contributed by atoms with E-state index in [9.17, 15) is 0 Å². The Morgan fingerprint density at radius 1 is 1.00 bits per heavy atom. The van der Waals surface area contributed by atoms with Crippen LogP contribution in [0.2, 0.25) is 10.0 Å². The van der Waals surface area contributed by atoms with Crippen LogP contribution >= 0.6 is 23.2 Å². The van der Waals surface area contributed by atoms with Crippen molar-refractivity contribution in [3.05, 3.63) is 59.9 Å². The molecule has 0 unspecified atom stereocenters. The predicted molar refractivity (Wildman–Crippen MR) is 124 cm³/mol. The van der Waals surface area contributed by atoms with Gasteiger partial charge in [0.05, 0.1) is 15.4 Å². The van der Waals surface area contributed by atoms with Crippen LogP contribution in [0.5, 0.6) is 0 Å². The number of aryl methyl sites for hydroxylation is 1. The molecular formula is C23H32Cl2N3Pt+. The van der Waals surface area contributed by atoms with Crippen LogP contribution in [0.3, 0.4) is 0 Å². The maximum absolute atomic E-state index is 7.27. The van der Waals surface area contributed by atoms with E-state index in [0.717, 1.165) is 39.7 Å². The molecule has 0 spiro atoms. The van der Waals surface area contributed by atoms with Crippen LogP contribution in [-0.4, -0.2) is 11.0 Å². The predicted octanol–water partition coefficient (Wildman–Crippen LogP) is 7.75. The summed E-state index contributed by atoms with van der Waals surface area (Å²) < 4.78 is 2.01. The Morgan fingerprint density at radius 2 is 1.55 bits per heavy atom. The fourth-order valence-electron chi connectivity index (χ4n) is 3.16. The Morgan fingerprint density at radius 3 is 2.10 bits per heavy atom. The number of rotatable bonds is 0. The van der Waals surface area contributed by atoms with Crippen LogP contribution in [0.25, 0.3) is 27.5 Å². The number of pyridine rings is 2. The standard InChI is InChI=1S/C13H9Cl2N2.C6H12N.C3H8.CH3.Pt/c1-17-7-5-11(15)9-3-2-8-10(14)4-6-16-12(8)13(9)17;7-6-4-2-1-3-5-6;1-3-2;;/h2-7H,1H3;6-7H,1-5H2;3H2,1-2H3;1H3;/q+1;-1;;-1;+2. The molecule has 2 aromatic heterocycles. The molecule has 0 aliphatic heterocycles. The molecule has 162 valence electrons. The summed E-state index contributed by atoms with van der Waals surface area (Å²) in [5.41, 5.74) is 9.14. The molecule has 6 heteroatoms. The quantitative estimate of drug-likeness (QED) is 0.145. The van der Waals surface area contributed by atoms with Gasteiger partial charge in [-0.15, -0.1) is 6.04 Å². The Bertz CT molecular complexity index is 881. The Kier molecular flexibility index (Phi) is 13.9. The molecule has 1 fully saturated rings. The number of fused-ring (bicyclic) bond motifs is 3. The first-order chi connectivity index (χ1) is 13.0. The van der Waals surface area contributed by atoms with Gasteiger partial charge in [-0.05, 0) is 12.1 Å². The summed E-state index contributed by atoms with van der Waals surface area (Å²) in [6.45, 7) is 4.25. The minimum absolute atomic E-state index is 0. The summed E-state index contributed by atoms with van der Waals surface area (Å²) in [5, 5.41) is 3.36. The van der Waals surface area contributed by atoms with Crippen molar-refractivity contribution in [2.45, 2.75) is 58.4 Å². The molecule has 3 aromatic rings. The number of aromatic nitrogens is 2. The van der Waals surface area contributed by atoms with E-state index >= 15 is 0 Å².